The van der Waals surface area contributed by atoms with Crippen LogP contribution in [0.25, 0.3) is 0 Å². The molecule has 0 aliphatic rings. The predicted octanol–water partition coefficient (Wildman–Crippen LogP) is 0.867. The van der Waals surface area contributed by atoms with Gasteiger partial charge in [-0.15, -0.1) is 0 Å². The van der Waals surface area contributed by atoms with Crippen molar-refractivity contribution in [2.45, 2.75) is 18.2 Å². The van der Waals surface area contributed by atoms with Crippen LogP contribution in [-0.2, 0) is 7.05 Å². The molecule has 1 aromatic heterocycles. The van der Waals surface area contributed by atoms with Crippen molar-refractivity contribution in [2.24, 2.45) is 7.05 Å². The van der Waals surface area contributed by atoms with Crippen LogP contribution in [0, 0.1) is 0 Å². The second kappa shape index (κ2) is 5.96. The van der Waals surface area contributed by atoms with Crippen molar-refractivity contribution in [3.63, 3.8) is 0 Å². The summed E-state index contributed by atoms with van der Waals surface area (Å²) in [5, 5.41) is 12.0. The van der Waals surface area contributed by atoms with E-state index in [1.165, 1.54) is 0 Å². The lowest BCUT2D eigenvalue weighted by Crippen LogP contribution is -2.41. The molecule has 0 fully saturated rings. The molecule has 2 N–H and O–H groups in total. The summed E-state index contributed by atoms with van der Waals surface area (Å²) in [5.74, 6) is -0.104. The quantitative estimate of drug-likeness (QED) is 0.805. The van der Waals surface area contributed by atoms with Crippen LogP contribution in [0.5, 0.6) is 0 Å². The molecule has 1 amide bonds. The van der Waals surface area contributed by atoms with E-state index < -0.39 is 0 Å². The normalized spacial score (nSPS) is 14.5. The van der Waals surface area contributed by atoms with Crippen molar-refractivity contribution < 1.29 is 9.90 Å². The Balaban J connectivity index is 2.61. The Morgan fingerprint density at radius 3 is 2.81 bits per heavy atom. The summed E-state index contributed by atoms with van der Waals surface area (Å²) in [6.45, 7) is 1.97. The van der Waals surface area contributed by atoms with E-state index in [0.717, 1.165) is 0 Å². The average molecular weight is 242 g/mol. The van der Waals surface area contributed by atoms with Crippen LogP contribution in [0.4, 0.5) is 0 Å². The Bertz CT molecular complexity index is 348. The van der Waals surface area contributed by atoms with Crippen molar-refractivity contribution >= 4 is 17.7 Å². The number of thioether (sulfide) groups is 1. The van der Waals surface area contributed by atoms with Crippen molar-refractivity contribution in [1.82, 2.24) is 9.88 Å². The standard InChI is InChI=1S/C11H18N2O2S/c1-8(10(7-14)16-3)12-11(15)9-5-4-6-13(9)2/h4-6,8,10,14H,7H2,1-3H3,(H,12,15). The third-order valence-corrected chi connectivity index (χ3v) is 3.74. The molecular weight excluding hydrogens is 224 g/mol. The van der Waals surface area contributed by atoms with E-state index in [2.05, 4.69) is 5.32 Å². The van der Waals surface area contributed by atoms with Gasteiger partial charge in [-0.05, 0) is 25.3 Å². The highest BCUT2D eigenvalue weighted by Gasteiger charge is 2.18. The van der Waals surface area contributed by atoms with Crippen molar-refractivity contribution in [3.05, 3.63) is 24.0 Å². The summed E-state index contributed by atoms with van der Waals surface area (Å²) < 4.78 is 1.77. The van der Waals surface area contributed by atoms with Gasteiger partial charge in [0, 0.05) is 24.5 Å². The number of hydrogen-bond acceptors (Lipinski definition) is 3. The first kappa shape index (κ1) is 13.1. The van der Waals surface area contributed by atoms with Gasteiger partial charge in [0.05, 0.1) is 6.61 Å². The molecule has 16 heavy (non-hydrogen) atoms. The molecule has 4 nitrogen and oxygen atoms in total. The van der Waals surface area contributed by atoms with Gasteiger partial charge < -0.3 is 15.0 Å². The van der Waals surface area contributed by atoms with Crippen LogP contribution in [0.15, 0.2) is 18.3 Å². The zero-order chi connectivity index (χ0) is 12.1. The van der Waals surface area contributed by atoms with E-state index >= 15 is 0 Å². The maximum absolute atomic E-state index is 11.9. The van der Waals surface area contributed by atoms with Gasteiger partial charge in [0.15, 0.2) is 0 Å². The van der Waals surface area contributed by atoms with Crippen LogP contribution in [0.3, 0.4) is 0 Å². The molecule has 0 aliphatic carbocycles. The molecule has 1 heterocycles. The molecule has 0 aromatic carbocycles. The van der Waals surface area contributed by atoms with E-state index in [-0.39, 0.29) is 23.8 Å². The molecular formula is C11H18N2O2S. The maximum atomic E-state index is 11.9. The van der Waals surface area contributed by atoms with Gasteiger partial charge in [-0.3, -0.25) is 4.79 Å². The lowest BCUT2D eigenvalue weighted by atomic mass is 10.2. The second-order valence-corrected chi connectivity index (χ2v) is 4.80. The van der Waals surface area contributed by atoms with Crippen LogP contribution >= 0.6 is 11.8 Å². The van der Waals surface area contributed by atoms with Gasteiger partial charge in [0.25, 0.3) is 5.91 Å². The fourth-order valence-corrected chi connectivity index (χ4v) is 2.13. The largest absolute Gasteiger partial charge is 0.395 e. The number of aliphatic hydroxyl groups excluding tert-OH is 1. The van der Waals surface area contributed by atoms with Crippen LogP contribution in [-0.4, -0.2) is 39.7 Å². The van der Waals surface area contributed by atoms with Crippen molar-refractivity contribution in [2.75, 3.05) is 12.9 Å². The second-order valence-electron chi connectivity index (χ2n) is 3.72. The third kappa shape index (κ3) is 3.02. The van der Waals surface area contributed by atoms with Crippen LogP contribution < -0.4 is 5.32 Å². The average Bonchev–Trinajstić information content (AvgIpc) is 2.66. The van der Waals surface area contributed by atoms with Crippen molar-refractivity contribution in [1.29, 1.82) is 0 Å². The van der Waals surface area contributed by atoms with Crippen molar-refractivity contribution in [3.8, 4) is 0 Å². The first-order valence-corrected chi connectivity index (χ1v) is 6.44. The number of nitrogens with zero attached hydrogens (tertiary/aromatic N) is 1. The fourth-order valence-electron chi connectivity index (χ4n) is 1.51. The number of aliphatic hydroxyl groups is 1. The molecule has 0 saturated carbocycles. The molecule has 0 spiro atoms. The molecule has 1 aromatic rings. The molecule has 2 unspecified atom stereocenters. The van der Waals surface area contributed by atoms with Gasteiger partial charge in [0.2, 0.25) is 0 Å². The number of aromatic nitrogens is 1. The Morgan fingerprint density at radius 1 is 1.69 bits per heavy atom. The smallest absolute Gasteiger partial charge is 0.268 e. The van der Waals surface area contributed by atoms with E-state index in [1.807, 2.05) is 32.5 Å². The van der Waals surface area contributed by atoms with Gasteiger partial charge in [-0.25, -0.2) is 0 Å². The number of aryl methyl sites for hydroxylation is 1. The molecule has 2 atom stereocenters. The number of carbonyl (C=O) groups is 1. The monoisotopic (exact) mass is 242 g/mol. The van der Waals surface area contributed by atoms with Gasteiger partial charge in [-0.2, -0.15) is 11.8 Å². The highest BCUT2D eigenvalue weighted by atomic mass is 32.2. The highest BCUT2D eigenvalue weighted by molar-refractivity contribution is 7.99. The van der Waals surface area contributed by atoms with Crippen LogP contribution in [0.2, 0.25) is 0 Å². The summed E-state index contributed by atoms with van der Waals surface area (Å²) in [6.07, 6.45) is 3.75. The molecule has 0 aliphatic heterocycles. The van der Waals surface area contributed by atoms with E-state index in [9.17, 15) is 4.79 Å². The number of hydrogen-bond donors (Lipinski definition) is 2. The summed E-state index contributed by atoms with van der Waals surface area (Å²) in [6, 6.07) is 3.55. The fraction of sp³-hybridized carbons (Fsp3) is 0.545. The molecule has 0 bridgehead atoms. The van der Waals surface area contributed by atoms with Gasteiger partial charge >= 0.3 is 0 Å². The minimum absolute atomic E-state index is 0.0317. The summed E-state index contributed by atoms with van der Waals surface area (Å²) in [7, 11) is 1.83. The number of carbonyl (C=O) groups excluding carboxylic acids is 1. The first-order valence-electron chi connectivity index (χ1n) is 5.16. The SMILES string of the molecule is CSC(CO)C(C)NC(=O)c1cccn1C. The maximum Gasteiger partial charge on any atom is 0.268 e. The van der Waals surface area contributed by atoms with Gasteiger partial charge in [-0.1, -0.05) is 0 Å². The molecule has 1 rings (SSSR count). The lowest BCUT2D eigenvalue weighted by Gasteiger charge is -2.21. The molecule has 0 saturated heterocycles. The molecule has 5 heteroatoms. The lowest BCUT2D eigenvalue weighted by molar-refractivity contribution is 0.0928. The van der Waals surface area contributed by atoms with Crippen LogP contribution in [0.1, 0.15) is 17.4 Å². The van der Waals surface area contributed by atoms with E-state index in [0.29, 0.717) is 5.69 Å². The zero-order valence-electron chi connectivity index (χ0n) is 9.80. The number of rotatable bonds is 5. The summed E-state index contributed by atoms with van der Waals surface area (Å²) in [4.78, 5) is 11.9. The Kier molecular flexibility index (Phi) is 4.89. The summed E-state index contributed by atoms with van der Waals surface area (Å²) in [5.41, 5.74) is 0.629. The molecule has 0 radical (unpaired) electrons. The highest BCUT2D eigenvalue weighted by Crippen LogP contribution is 2.11. The molecule has 90 valence electrons. The Labute approximate surface area is 100 Å². The number of amides is 1. The summed E-state index contributed by atoms with van der Waals surface area (Å²) >= 11 is 1.55. The Morgan fingerprint density at radius 2 is 2.38 bits per heavy atom. The first-order chi connectivity index (χ1) is 7.60. The predicted molar refractivity (Wildman–Crippen MR) is 66.7 cm³/mol. The van der Waals surface area contributed by atoms with E-state index in [4.69, 9.17) is 5.11 Å². The minimum atomic E-state index is -0.104. The van der Waals surface area contributed by atoms with E-state index in [1.54, 1.807) is 22.4 Å². The van der Waals surface area contributed by atoms with Gasteiger partial charge in [0.1, 0.15) is 5.69 Å². The topological polar surface area (TPSA) is 54.3 Å². The Hall–Kier alpha value is -0.940. The zero-order valence-corrected chi connectivity index (χ0v) is 10.6. The minimum Gasteiger partial charge on any atom is -0.395 e. The number of nitrogens with one attached hydrogen (secondary N) is 1. The third-order valence-electron chi connectivity index (χ3n) is 2.58.